The van der Waals surface area contributed by atoms with Crippen LogP contribution in [-0.4, -0.2) is 21.5 Å². The van der Waals surface area contributed by atoms with Crippen molar-refractivity contribution >= 4 is 150 Å². The number of anilines is 12. The molecule has 0 bridgehead atoms. The van der Waals surface area contributed by atoms with Crippen LogP contribution in [0.4, 0.5) is 68.6 Å². The maximum absolute atomic E-state index is 7.68. The summed E-state index contributed by atoms with van der Waals surface area (Å²) < 4.78 is 15.1. The molecular weight excluding hydrogens is 1590 g/mol. The number of benzene rings is 13. The molecule has 19 rings (SSSR count). The van der Waals surface area contributed by atoms with Crippen LogP contribution in [0.3, 0.4) is 0 Å². The minimum atomic E-state index is -1.62. The van der Waals surface area contributed by atoms with Crippen molar-refractivity contribution in [3.63, 3.8) is 0 Å². The minimum Gasteiger partial charge on any atom is -0.440 e. The Hall–Kier alpha value is -11.5. The van der Waals surface area contributed by atoms with Gasteiger partial charge in [0.1, 0.15) is 11.2 Å². The van der Waals surface area contributed by atoms with Crippen LogP contribution >= 0.6 is 0 Å². The summed E-state index contributed by atoms with van der Waals surface area (Å²) in [6.45, 7) is 67.9. The second kappa shape index (κ2) is 30.3. The summed E-state index contributed by atoms with van der Waals surface area (Å²) in [5.41, 5.74) is 39.7. The van der Waals surface area contributed by atoms with Crippen molar-refractivity contribution < 1.29 is 8.83 Å². The van der Waals surface area contributed by atoms with Crippen molar-refractivity contribution in [1.29, 1.82) is 0 Å². The lowest BCUT2D eigenvalue weighted by Gasteiger charge is -2.44. The predicted octanol–water partition coefficient (Wildman–Crippen LogP) is 29.8. The Bertz CT molecular complexity index is 6970. The van der Waals surface area contributed by atoms with Gasteiger partial charge in [-0.2, -0.15) is 0 Å². The smallest absolute Gasteiger partial charge is 0.257 e. The second-order valence-electron chi connectivity index (χ2n) is 48.2. The van der Waals surface area contributed by atoms with Gasteiger partial charge in [0.2, 0.25) is 11.8 Å². The zero-order valence-electron chi connectivity index (χ0n) is 82.8. The Morgan fingerprint density at radius 3 is 0.892 bits per heavy atom. The lowest BCUT2D eigenvalue weighted by Crippen LogP contribution is -2.61. The third kappa shape index (κ3) is 15.4. The molecule has 9 heteroatoms. The Labute approximate surface area is 777 Å². The van der Waals surface area contributed by atoms with E-state index in [-0.39, 0.29) is 62.2 Å². The third-order valence-electron chi connectivity index (χ3n) is 28.9. The molecule has 4 aliphatic rings. The molecular formula is C121H132B2N4O2Si. The first-order valence-electron chi connectivity index (χ1n) is 47.6. The van der Waals surface area contributed by atoms with Crippen LogP contribution in [-0.2, 0) is 55.2 Å². The molecule has 0 spiro atoms. The summed E-state index contributed by atoms with van der Waals surface area (Å²) in [6, 6.07) is 103. The largest absolute Gasteiger partial charge is 0.440 e. The molecule has 0 saturated carbocycles. The molecule has 0 radical (unpaired) electrons. The topological polar surface area (TPSA) is 39.2 Å². The first-order valence-corrected chi connectivity index (χ1v) is 51.1. The molecule has 0 unspecified atom stereocenters. The first-order chi connectivity index (χ1) is 60.8. The zero-order valence-corrected chi connectivity index (χ0v) is 83.8. The van der Waals surface area contributed by atoms with E-state index in [2.05, 4.69) is 480 Å². The van der Waals surface area contributed by atoms with Gasteiger partial charge in [0.25, 0.3) is 13.4 Å². The van der Waals surface area contributed by atoms with E-state index in [1.165, 1.54) is 144 Å². The molecule has 130 heavy (non-hydrogen) atoms. The van der Waals surface area contributed by atoms with E-state index >= 15 is 0 Å². The van der Waals surface area contributed by atoms with Crippen LogP contribution in [0.1, 0.15) is 236 Å². The molecule has 6 heterocycles. The Kier molecular flexibility index (Phi) is 20.4. The molecule has 6 nitrogen and oxygen atoms in total. The van der Waals surface area contributed by atoms with Gasteiger partial charge >= 0.3 is 0 Å². The van der Waals surface area contributed by atoms with E-state index in [9.17, 15) is 0 Å². The van der Waals surface area contributed by atoms with Gasteiger partial charge < -0.3 is 18.6 Å². The lowest BCUT2D eigenvalue weighted by atomic mass is 9.33. The van der Waals surface area contributed by atoms with Crippen LogP contribution in [0.25, 0.3) is 55.3 Å². The first kappa shape index (κ1) is 87.8. The van der Waals surface area contributed by atoms with E-state index in [0.717, 1.165) is 79.7 Å². The number of rotatable bonds is 11. The normalized spacial score (nSPS) is 14.3. The molecule has 0 N–H and O–H groups in total. The number of nitrogens with zero attached hydrogens (tertiary/aromatic N) is 4. The Balaban J connectivity index is 0.724. The fourth-order valence-electron chi connectivity index (χ4n) is 20.6. The predicted molar refractivity (Wildman–Crippen MR) is 566 cm³/mol. The second-order valence-corrected chi connectivity index (χ2v) is 53.3. The summed E-state index contributed by atoms with van der Waals surface area (Å²) >= 11 is 0. The van der Waals surface area contributed by atoms with Crippen LogP contribution in [0.15, 0.2) is 270 Å². The maximum atomic E-state index is 7.68. The molecule has 15 aromatic rings. The number of furan rings is 2. The fourth-order valence-corrected chi connectivity index (χ4v) is 21.8. The number of hydrogen-bond donors (Lipinski definition) is 0. The standard InChI is InChI=1S/C121H132B2N4O2Si/c1-113(2,3)81-40-50-90(51-41-81)124-99-58-46-85(117(13,14)15)71-97(99)122-107-95-69-84(116(10,11)12)48-60-105(95)128-111(107)126(91-52-42-82(43-53-91)114(4,5)6)103-64-79(62-101(124)109(103)122)77-36-34-76(35-37-77)75-32-30-74(31-33-75)73-121(25,26)87-49-61-106-96(70-87)108-112(129-106)127(92-54-44-83(45-55-92)115(7,8)9)104-65-80(78-38-56-94(57-39-78)130(27,28)29)63-102-110(104)123(108)98-72-86(118(16,17)18)47-59-100(98)125(102)93-67-88(119(19,20)21)66-89(68-93)120(22,23)24/h30-72H,73H2,1-29H3. The van der Waals surface area contributed by atoms with Gasteiger partial charge in [-0.15, -0.1) is 0 Å². The summed E-state index contributed by atoms with van der Waals surface area (Å²) in [5.74, 6) is 1.74. The van der Waals surface area contributed by atoms with Crippen molar-refractivity contribution in [2.75, 3.05) is 19.6 Å². The van der Waals surface area contributed by atoms with Gasteiger partial charge in [0.15, 0.2) is 0 Å². The van der Waals surface area contributed by atoms with Gasteiger partial charge in [-0.3, -0.25) is 9.80 Å². The molecule has 0 fully saturated rings. The molecule has 0 saturated heterocycles. The summed E-state index contributed by atoms with van der Waals surface area (Å²) in [4.78, 5) is 10.2. The fraction of sp³-hybridized carbons (Fsp3) is 0.322. The van der Waals surface area contributed by atoms with Crippen LogP contribution < -0.4 is 57.6 Å². The van der Waals surface area contributed by atoms with Crippen LogP contribution in [0, 0.1) is 0 Å². The summed E-state index contributed by atoms with van der Waals surface area (Å²) in [6.07, 6.45) is 0.825. The Morgan fingerprint density at radius 2 is 0.531 bits per heavy atom. The maximum Gasteiger partial charge on any atom is 0.257 e. The van der Waals surface area contributed by atoms with Crippen LogP contribution in [0.5, 0.6) is 0 Å². The highest BCUT2D eigenvalue weighted by Gasteiger charge is 2.50. The van der Waals surface area contributed by atoms with Crippen LogP contribution in [0.2, 0.25) is 19.6 Å². The number of hydrogen-bond acceptors (Lipinski definition) is 6. The quantitative estimate of drug-likeness (QED) is 0.120. The molecule has 658 valence electrons. The van der Waals surface area contributed by atoms with Crippen molar-refractivity contribution in [3.05, 3.63) is 316 Å². The SMILES string of the molecule is CC(C)(C)c1ccc(N2c3ccc(C(C)(C)C)cc3B3c4c2cc(-c2ccc(-c5ccc(CC(C)(C)c6ccc7oc8c(c7c6)B6c7cc(C(C)(C)C)ccc7N(c7cc(C(C)(C)C)cc(C(C)(C)C)c7)c7cc(-c9ccc([Si](C)(C)C)cc9)cc(c76)N8c6ccc(C(C)(C)C)cc6)cc5)cc2)cc4N(c2ccc(C(C)(C)C)cc2)c2oc4ccc(C(C)(C)C)cc4c23)cc1. The van der Waals surface area contributed by atoms with E-state index < -0.39 is 8.07 Å². The summed E-state index contributed by atoms with van der Waals surface area (Å²) in [7, 11) is -1.62. The highest BCUT2D eigenvalue weighted by molar-refractivity contribution is 7.02. The third-order valence-corrected chi connectivity index (χ3v) is 30.9. The van der Waals surface area contributed by atoms with E-state index in [1.54, 1.807) is 0 Å². The highest BCUT2D eigenvalue weighted by Crippen LogP contribution is 2.54. The van der Waals surface area contributed by atoms with Crippen molar-refractivity contribution in [3.8, 4) is 33.4 Å². The van der Waals surface area contributed by atoms with E-state index in [0.29, 0.717) is 0 Å². The van der Waals surface area contributed by atoms with E-state index in [1.807, 2.05) is 0 Å². The molecule has 0 aliphatic carbocycles. The van der Waals surface area contributed by atoms with E-state index in [4.69, 9.17) is 8.83 Å². The molecule has 0 atom stereocenters. The molecule has 4 aliphatic heterocycles. The minimum absolute atomic E-state index is 0.0208. The highest BCUT2D eigenvalue weighted by atomic mass is 28.3. The van der Waals surface area contributed by atoms with Gasteiger partial charge in [0, 0.05) is 78.6 Å². The molecule has 13 aromatic carbocycles. The molecule has 2 aromatic heterocycles. The summed E-state index contributed by atoms with van der Waals surface area (Å²) in [5, 5.41) is 3.76. The van der Waals surface area contributed by atoms with Crippen molar-refractivity contribution in [2.24, 2.45) is 0 Å². The van der Waals surface area contributed by atoms with Gasteiger partial charge in [-0.05, 0) is 275 Å². The average molecular weight is 1720 g/mol. The van der Waals surface area contributed by atoms with Gasteiger partial charge in [0.05, 0.1) is 8.07 Å². The van der Waals surface area contributed by atoms with Crippen molar-refractivity contribution in [2.45, 2.75) is 255 Å². The van der Waals surface area contributed by atoms with Crippen molar-refractivity contribution in [1.82, 2.24) is 0 Å². The van der Waals surface area contributed by atoms with Gasteiger partial charge in [-0.25, -0.2) is 0 Å². The monoisotopic (exact) mass is 1720 g/mol. The molecule has 0 amide bonds. The van der Waals surface area contributed by atoms with Gasteiger partial charge in [-0.1, -0.05) is 357 Å². The Morgan fingerprint density at radius 1 is 0.238 bits per heavy atom. The zero-order chi connectivity index (χ0) is 92.5. The average Bonchev–Trinajstić information content (AvgIpc) is 1.33. The lowest BCUT2D eigenvalue weighted by molar-refractivity contribution is 0.523. The number of fused-ring (bicyclic) bond motifs is 12.